The highest BCUT2D eigenvalue weighted by Crippen LogP contribution is 2.59. The van der Waals surface area contributed by atoms with E-state index in [1.54, 1.807) is 12.7 Å². The summed E-state index contributed by atoms with van der Waals surface area (Å²) >= 11 is 0. The molecule has 0 aliphatic heterocycles. The van der Waals surface area contributed by atoms with Gasteiger partial charge in [-0.05, 0) is 36.5 Å². The molecular formula is C15H26O3. The van der Waals surface area contributed by atoms with Crippen LogP contribution in [0.3, 0.4) is 0 Å². The van der Waals surface area contributed by atoms with Crippen LogP contribution < -0.4 is 0 Å². The van der Waals surface area contributed by atoms with Gasteiger partial charge in [-0.15, -0.1) is 0 Å². The summed E-state index contributed by atoms with van der Waals surface area (Å²) in [5, 5.41) is 9.46. The predicted octanol–water partition coefficient (Wildman–Crippen LogP) is 2.39. The van der Waals surface area contributed by atoms with Crippen molar-refractivity contribution in [2.75, 3.05) is 26.9 Å². The molecule has 3 unspecified atom stereocenters. The Labute approximate surface area is 110 Å². The Bertz CT molecular complexity index is 309. The van der Waals surface area contributed by atoms with Crippen molar-refractivity contribution >= 4 is 0 Å². The third kappa shape index (κ3) is 2.79. The lowest BCUT2D eigenvalue weighted by atomic mass is 9.48. The predicted molar refractivity (Wildman–Crippen MR) is 71.4 cm³/mol. The lowest BCUT2D eigenvalue weighted by molar-refractivity contribution is -0.0201. The molecule has 1 N–H and O–H groups in total. The minimum atomic E-state index is -0.500. The van der Waals surface area contributed by atoms with Crippen molar-refractivity contribution in [2.24, 2.45) is 17.3 Å². The molecule has 2 bridgehead atoms. The Kier molecular flexibility index (Phi) is 4.46. The molecule has 3 atom stereocenters. The van der Waals surface area contributed by atoms with Gasteiger partial charge in [0, 0.05) is 7.11 Å². The van der Waals surface area contributed by atoms with Crippen LogP contribution in [-0.4, -0.2) is 38.1 Å². The summed E-state index contributed by atoms with van der Waals surface area (Å²) in [6.07, 6.45) is 5.54. The minimum Gasteiger partial charge on any atom is -0.388 e. The lowest BCUT2D eigenvalue weighted by Gasteiger charge is -2.56. The van der Waals surface area contributed by atoms with Crippen LogP contribution in [0.2, 0.25) is 0 Å². The van der Waals surface area contributed by atoms with Gasteiger partial charge < -0.3 is 14.6 Å². The number of aliphatic hydroxyl groups is 1. The average molecular weight is 254 g/mol. The summed E-state index contributed by atoms with van der Waals surface area (Å²) in [6, 6.07) is 0. The molecule has 0 aromatic heterocycles. The number of ether oxygens (including phenoxy) is 2. The second-order valence-electron chi connectivity index (χ2n) is 6.26. The molecule has 0 saturated heterocycles. The molecule has 0 radical (unpaired) electrons. The highest BCUT2D eigenvalue weighted by atomic mass is 16.5. The first-order valence-electron chi connectivity index (χ1n) is 6.99. The highest BCUT2D eigenvalue weighted by molar-refractivity contribution is 5.23. The molecule has 0 spiro atoms. The molecule has 104 valence electrons. The van der Waals surface area contributed by atoms with E-state index in [1.807, 2.05) is 0 Å². The van der Waals surface area contributed by atoms with Gasteiger partial charge in [-0.2, -0.15) is 0 Å². The number of hydrogen-bond donors (Lipinski definition) is 1. The van der Waals surface area contributed by atoms with Gasteiger partial charge in [0.25, 0.3) is 0 Å². The van der Waals surface area contributed by atoms with Gasteiger partial charge in [0.15, 0.2) is 0 Å². The van der Waals surface area contributed by atoms with Crippen LogP contribution in [0, 0.1) is 17.3 Å². The van der Waals surface area contributed by atoms with Crippen molar-refractivity contribution in [2.45, 2.75) is 39.2 Å². The first kappa shape index (κ1) is 14.0. The van der Waals surface area contributed by atoms with Crippen molar-refractivity contribution in [3.05, 3.63) is 11.6 Å². The molecule has 1 fully saturated rings. The largest absolute Gasteiger partial charge is 0.388 e. The molecule has 3 aliphatic carbocycles. The van der Waals surface area contributed by atoms with Gasteiger partial charge in [0.2, 0.25) is 0 Å². The van der Waals surface area contributed by atoms with Crippen LogP contribution in [-0.2, 0) is 9.47 Å². The first-order chi connectivity index (χ1) is 8.55. The third-order valence-electron chi connectivity index (χ3n) is 4.79. The standard InChI is InChI=1S/C15H26O3/c1-15(2)12-5-4-11(14(15)8-12)6-7-18-10-13(16)9-17-3/h4,12-14,16H,5-10H2,1-3H3. The first-order valence-corrected chi connectivity index (χ1v) is 6.99. The van der Waals surface area contributed by atoms with Gasteiger partial charge in [-0.25, -0.2) is 0 Å². The molecule has 3 nitrogen and oxygen atoms in total. The number of aliphatic hydroxyl groups excluding tert-OH is 1. The van der Waals surface area contributed by atoms with Gasteiger partial charge in [0.05, 0.1) is 19.8 Å². The lowest BCUT2D eigenvalue weighted by Crippen LogP contribution is -2.48. The summed E-state index contributed by atoms with van der Waals surface area (Å²) < 4.78 is 10.4. The molecule has 3 rings (SSSR count). The molecular weight excluding hydrogens is 228 g/mol. The fourth-order valence-corrected chi connectivity index (χ4v) is 3.41. The number of fused-ring (bicyclic) bond motifs is 1. The molecule has 0 aromatic rings. The second kappa shape index (κ2) is 5.72. The van der Waals surface area contributed by atoms with Gasteiger partial charge in [-0.3, -0.25) is 0 Å². The number of hydrogen-bond acceptors (Lipinski definition) is 3. The summed E-state index contributed by atoms with van der Waals surface area (Å²) in [6.45, 7) is 6.21. The zero-order valence-corrected chi connectivity index (χ0v) is 11.8. The maximum Gasteiger partial charge on any atom is 0.101 e. The molecule has 0 heterocycles. The van der Waals surface area contributed by atoms with E-state index in [2.05, 4.69) is 19.9 Å². The molecule has 18 heavy (non-hydrogen) atoms. The zero-order valence-electron chi connectivity index (χ0n) is 11.8. The smallest absolute Gasteiger partial charge is 0.101 e. The van der Waals surface area contributed by atoms with E-state index in [0.717, 1.165) is 18.3 Å². The van der Waals surface area contributed by atoms with E-state index in [1.165, 1.54) is 12.8 Å². The summed E-state index contributed by atoms with van der Waals surface area (Å²) in [5.41, 5.74) is 2.07. The van der Waals surface area contributed by atoms with Crippen molar-refractivity contribution in [1.29, 1.82) is 0 Å². The van der Waals surface area contributed by atoms with E-state index >= 15 is 0 Å². The van der Waals surface area contributed by atoms with E-state index < -0.39 is 6.10 Å². The van der Waals surface area contributed by atoms with Crippen LogP contribution in [0.1, 0.15) is 33.1 Å². The normalized spacial score (nSPS) is 30.6. The van der Waals surface area contributed by atoms with E-state index in [9.17, 15) is 5.11 Å². The highest BCUT2D eigenvalue weighted by Gasteiger charge is 2.50. The molecule has 1 saturated carbocycles. The van der Waals surface area contributed by atoms with Crippen LogP contribution >= 0.6 is 0 Å². The third-order valence-corrected chi connectivity index (χ3v) is 4.79. The Morgan fingerprint density at radius 2 is 2.22 bits per heavy atom. The Morgan fingerprint density at radius 1 is 1.44 bits per heavy atom. The number of allylic oxidation sites excluding steroid dienone is 1. The molecule has 3 aliphatic rings. The monoisotopic (exact) mass is 254 g/mol. The van der Waals surface area contributed by atoms with Crippen LogP contribution in [0.15, 0.2) is 11.6 Å². The second-order valence-corrected chi connectivity index (χ2v) is 6.26. The molecule has 0 aromatic carbocycles. The van der Waals surface area contributed by atoms with E-state index in [0.29, 0.717) is 25.2 Å². The summed E-state index contributed by atoms with van der Waals surface area (Å²) in [5.74, 6) is 1.67. The fourth-order valence-electron chi connectivity index (χ4n) is 3.41. The van der Waals surface area contributed by atoms with Gasteiger partial charge in [0.1, 0.15) is 6.10 Å². The molecule has 0 amide bonds. The van der Waals surface area contributed by atoms with Crippen molar-refractivity contribution < 1.29 is 14.6 Å². The topological polar surface area (TPSA) is 38.7 Å². The van der Waals surface area contributed by atoms with E-state index in [-0.39, 0.29) is 0 Å². The van der Waals surface area contributed by atoms with Crippen molar-refractivity contribution in [3.8, 4) is 0 Å². The Morgan fingerprint density at radius 3 is 2.83 bits per heavy atom. The van der Waals surface area contributed by atoms with Gasteiger partial charge in [-0.1, -0.05) is 25.5 Å². The number of rotatable bonds is 7. The molecule has 3 heteroatoms. The SMILES string of the molecule is COCC(O)COCCC1=CCC2CC1C2(C)C. The quantitative estimate of drug-likeness (QED) is 0.560. The number of methoxy groups -OCH3 is 1. The fraction of sp³-hybridized carbons (Fsp3) is 0.867. The van der Waals surface area contributed by atoms with Crippen molar-refractivity contribution in [1.82, 2.24) is 0 Å². The summed E-state index contributed by atoms with van der Waals surface area (Å²) in [4.78, 5) is 0. The minimum absolute atomic E-state index is 0.347. The van der Waals surface area contributed by atoms with Crippen LogP contribution in [0.4, 0.5) is 0 Å². The average Bonchev–Trinajstić information content (AvgIpc) is 2.35. The Balaban J connectivity index is 1.67. The Hall–Kier alpha value is -0.380. The van der Waals surface area contributed by atoms with Crippen LogP contribution in [0.25, 0.3) is 0 Å². The summed E-state index contributed by atoms with van der Waals surface area (Å²) in [7, 11) is 1.59. The maximum absolute atomic E-state index is 9.46. The zero-order chi connectivity index (χ0) is 13.2. The van der Waals surface area contributed by atoms with Gasteiger partial charge >= 0.3 is 0 Å². The van der Waals surface area contributed by atoms with Crippen LogP contribution in [0.5, 0.6) is 0 Å². The van der Waals surface area contributed by atoms with Crippen molar-refractivity contribution in [3.63, 3.8) is 0 Å². The van der Waals surface area contributed by atoms with E-state index in [4.69, 9.17) is 9.47 Å². The maximum atomic E-state index is 9.46.